The van der Waals surface area contributed by atoms with Crippen LogP contribution in [0.4, 0.5) is 18.9 Å². The van der Waals surface area contributed by atoms with E-state index in [2.05, 4.69) is 5.32 Å². The Morgan fingerprint density at radius 1 is 1.00 bits per heavy atom. The van der Waals surface area contributed by atoms with Crippen LogP contribution in [0.3, 0.4) is 0 Å². The molecule has 0 bridgehead atoms. The Labute approximate surface area is 158 Å². The molecule has 0 radical (unpaired) electrons. The molecule has 0 aliphatic carbocycles. The number of amides is 2. The molecule has 0 spiro atoms. The van der Waals surface area contributed by atoms with Crippen LogP contribution in [0.5, 0.6) is 0 Å². The predicted molar refractivity (Wildman–Crippen MR) is 94.8 cm³/mol. The smallest absolute Gasteiger partial charge is 0.416 e. The second-order valence-electron chi connectivity index (χ2n) is 5.98. The van der Waals surface area contributed by atoms with Crippen molar-refractivity contribution >= 4 is 23.5 Å². The fourth-order valence-electron chi connectivity index (χ4n) is 2.19. The average Bonchev–Trinajstić information content (AvgIpc) is 2.65. The summed E-state index contributed by atoms with van der Waals surface area (Å²) in [6.45, 7) is -0.673. The third-order valence-electron chi connectivity index (χ3n) is 3.58. The van der Waals surface area contributed by atoms with Gasteiger partial charge in [0.2, 0.25) is 0 Å². The number of rotatable bonds is 5. The number of carbonyl (C=O) groups is 3. The molecule has 0 unspecified atom stereocenters. The van der Waals surface area contributed by atoms with E-state index in [-0.39, 0.29) is 11.5 Å². The zero-order valence-corrected chi connectivity index (χ0v) is 15.0. The number of halogens is 3. The van der Waals surface area contributed by atoms with Gasteiger partial charge in [0.25, 0.3) is 11.8 Å². The Bertz CT molecular complexity index is 877. The molecule has 2 rings (SSSR count). The molecule has 0 heterocycles. The maximum Gasteiger partial charge on any atom is 0.416 e. The van der Waals surface area contributed by atoms with E-state index in [0.717, 1.165) is 18.2 Å². The number of anilines is 1. The lowest BCUT2D eigenvalue weighted by atomic mass is 10.1. The molecule has 2 amide bonds. The monoisotopic (exact) mass is 394 g/mol. The zero-order valence-electron chi connectivity index (χ0n) is 15.0. The number of alkyl halides is 3. The minimum absolute atomic E-state index is 0.201. The average molecular weight is 394 g/mol. The van der Waals surface area contributed by atoms with E-state index in [1.54, 1.807) is 14.1 Å². The van der Waals surface area contributed by atoms with Gasteiger partial charge < -0.3 is 15.0 Å². The van der Waals surface area contributed by atoms with E-state index in [0.29, 0.717) is 17.3 Å². The van der Waals surface area contributed by atoms with Crippen molar-refractivity contribution in [3.05, 3.63) is 65.2 Å². The van der Waals surface area contributed by atoms with Crippen molar-refractivity contribution in [2.24, 2.45) is 0 Å². The van der Waals surface area contributed by atoms with E-state index in [9.17, 15) is 27.6 Å². The van der Waals surface area contributed by atoms with Crippen LogP contribution >= 0.6 is 0 Å². The Morgan fingerprint density at radius 2 is 1.64 bits per heavy atom. The van der Waals surface area contributed by atoms with E-state index < -0.39 is 30.2 Å². The van der Waals surface area contributed by atoms with Crippen molar-refractivity contribution in [1.29, 1.82) is 0 Å². The summed E-state index contributed by atoms with van der Waals surface area (Å²) in [5, 5.41) is 2.46. The number of ether oxygens (including phenoxy) is 1. The highest BCUT2D eigenvalue weighted by atomic mass is 19.4. The van der Waals surface area contributed by atoms with Crippen molar-refractivity contribution < 1.29 is 32.3 Å². The van der Waals surface area contributed by atoms with Crippen LogP contribution in [0.25, 0.3) is 0 Å². The third-order valence-corrected chi connectivity index (χ3v) is 3.58. The first-order valence-corrected chi connectivity index (χ1v) is 8.04. The van der Waals surface area contributed by atoms with Gasteiger partial charge in [0.15, 0.2) is 6.61 Å². The molecule has 0 aliphatic heterocycles. The van der Waals surface area contributed by atoms with Crippen LogP contribution in [0, 0.1) is 0 Å². The number of hydrogen-bond donors (Lipinski definition) is 1. The number of benzene rings is 2. The van der Waals surface area contributed by atoms with E-state index >= 15 is 0 Å². The van der Waals surface area contributed by atoms with Crippen molar-refractivity contribution in [1.82, 2.24) is 4.90 Å². The van der Waals surface area contributed by atoms with Gasteiger partial charge >= 0.3 is 12.1 Å². The highest BCUT2D eigenvalue weighted by Gasteiger charge is 2.31. The third kappa shape index (κ3) is 5.57. The first-order valence-electron chi connectivity index (χ1n) is 8.04. The largest absolute Gasteiger partial charge is 0.452 e. The molecule has 1 N–H and O–H groups in total. The number of hydrogen-bond acceptors (Lipinski definition) is 4. The van der Waals surface area contributed by atoms with Gasteiger partial charge in [-0.15, -0.1) is 0 Å². The van der Waals surface area contributed by atoms with Crippen LogP contribution in [-0.4, -0.2) is 43.4 Å². The Kier molecular flexibility index (Phi) is 6.40. The highest BCUT2D eigenvalue weighted by Crippen LogP contribution is 2.29. The molecular formula is C19H17F3N2O4. The molecule has 0 aromatic heterocycles. The number of nitrogens with zero attached hydrogens (tertiary/aromatic N) is 1. The molecule has 6 nitrogen and oxygen atoms in total. The summed E-state index contributed by atoms with van der Waals surface area (Å²) in [6.07, 6.45) is -4.59. The SMILES string of the molecule is CN(C)C(=O)c1ccc(NC(=O)COC(=O)c2cccc(C(F)(F)F)c2)cc1. The zero-order chi connectivity index (χ0) is 20.9. The molecule has 0 aliphatic rings. The van der Waals surface area contributed by atoms with Crippen LogP contribution in [0.15, 0.2) is 48.5 Å². The lowest BCUT2D eigenvalue weighted by Crippen LogP contribution is -2.22. The molecule has 0 saturated heterocycles. The Hall–Kier alpha value is -3.36. The van der Waals surface area contributed by atoms with Crippen LogP contribution in [0.2, 0.25) is 0 Å². The summed E-state index contributed by atoms with van der Waals surface area (Å²) in [5.74, 6) is -1.92. The molecule has 148 valence electrons. The minimum Gasteiger partial charge on any atom is -0.452 e. The second kappa shape index (κ2) is 8.55. The molecular weight excluding hydrogens is 377 g/mol. The summed E-state index contributed by atoms with van der Waals surface area (Å²) in [7, 11) is 3.22. The maximum absolute atomic E-state index is 12.7. The second-order valence-corrected chi connectivity index (χ2v) is 5.98. The molecule has 0 fully saturated rings. The lowest BCUT2D eigenvalue weighted by Gasteiger charge is -2.11. The van der Waals surface area contributed by atoms with Gasteiger partial charge in [-0.2, -0.15) is 13.2 Å². The summed E-state index contributed by atoms with van der Waals surface area (Å²) in [5.41, 5.74) is -0.498. The van der Waals surface area contributed by atoms with Gasteiger partial charge in [-0.25, -0.2) is 4.79 Å². The van der Waals surface area contributed by atoms with Crippen molar-refractivity contribution in [3.8, 4) is 0 Å². The molecule has 2 aromatic rings. The predicted octanol–water partition coefficient (Wildman–Crippen LogP) is 3.20. The Balaban J connectivity index is 1.92. The summed E-state index contributed by atoms with van der Waals surface area (Å²) < 4.78 is 42.8. The van der Waals surface area contributed by atoms with Gasteiger partial charge in [-0.3, -0.25) is 9.59 Å². The van der Waals surface area contributed by atoms with Gasteiger partial charge in [0.1, 0.15) is 0 Å². The fourth-order valence-corrected chi connectivity index (χ4v) is 2.19. The van der Waals surface area contributed by atoms with Crippen LogP contribution in [-0.2, 0) is 15.7 Å². The quantitative estimate of drug-likeness (QED) is 0.791. The molecule has 9 heteroatoms. The highest BCUT2D eigenvalue weighted by molar-refractivity contribution is 5.97. The number of carbonyl (C=O) groups excluding carboxylic acids is 3. The van der Waals surface area contributed by atoms with E-state index in [1.165, 1.54) is 29.2 Å². The maximum atomic E-state index is 12.7. The first-order chi connectivity index (χ1) is 13.1. The Morgan fingerprint density at radius 3 is 2.21 bits per heavy atom. The minimum atomic E-state index is -4.59. The normalized spacial score (nSPS) is 10.9. The first kappa shape index (κ1) is 20.9. The van der Waals surface area contributed by atoms with Crippen LogP contribution in [0.1, 0.15) is 26.3 Å². The number of nitrogens with one attached hydrogen (secondary N) is 1. The van der Waals surface area contributed by atoms with Gasteiger partial charge in [-0.1, -0.05) is 6.07 Å². The molecule has 0 saturated carbocycles. The van der Waals surface area contributed by atoms with E-state index in [4.69, 9.17) is 4.74 Å². The lowest BCUT2D eigenvalue weighted by molar-refractivity contribution is -0.137. The van der Waals surface area contributed by atoms with Gasteiger partial charge in [0, 0.05) is 25.3 Å². The van der Waals surface area contributed by atoms with Crippen molar-refractivity contribution in [2.45, 2.75) is 6.18 Å². The molecule has 28 heavy (non-hydrogen) atoms. The van der Waals surface area contributed by atoms with Crippen molar-refractivity contribution in [3.63, 3.8) is 0 Å². The number of esters is 1. The fraction of sp³-hybridized carbons (Fsp3) is 0.211. The molecule has 2 aromatic carbocycles. The van der Waals surface area contributed by atoms with Gasteiger partial charge in [-0.05, 0) is 42.5 Å². The van der Waals surface area contributed by atoms with Crippen LogP contribution < -0.4 is 5.32 Å². The molecule has 0 atom stereocenters. The summed E-state index contributed by atoms with van der Waals surface area (Å²) in [4.78, 5) is 36.9. The standard InChI is InChI=1S/C19H17F3N2O4/c1-24(2)17(26)12-6-8-15(9-7-12)23-16(25)11-28-18(27)13-4-3-5-14(10-13)19(20,21)22/h3-10H,11H2,1-2H3,(H,23,25). The van der Waals surface area contributed by atoms with Crippen molar-refractivity contribution in [2.75, 3.05) is 26.0 Å². The topological polar surface area (TPSA) is 75.7 Å². The summed E-state index contributed by atoms with van der Waals surface area (Å²) in [6, 6.07) is 9.77. The summed E-state index contributed by atoms with van der Waals surface area (Å²) >= 11 is 0. The van der Waals surface area contributed by atoms with E-state index in [1.807, 2.05) is 0 Å². The van der Waals surface area contributed by atoms with Gasteiger partial charge in [0.05, 0.1) is 11.1 Å².